The SMILES string of the molecule is CC12CCC(C1)C(C)(C)C2NC1C2CCOC2C1(C)C. The van der Waals surface area contributed by atoms with Crippen LogP contribution in [0.15, 0.2) is 0 Å². The minimum Gasteiger partial charge on any atom is -0.377 e. The molecule has 1 aliphatic heterocycles. The highest BCUT2D eigenvalue weighted by atomic mass is 16.5. The maximum absolute atomic E-state index is 5.96. The van der Waals surface area contributed by atoms with Crippen LogP contribution in [0.4, 0.5) is 0 Å². The summed E-state index contributed by atoms with van der Waals surface area (Å²) in [5.74, 6) is 1.70. The van der Waals surface area contributed by atoms with Crippen LogP contribution >= 0.6 is 0 Å². The van der Waals surface area contributed by atoms with Gasteiger partial charge in [0.2, 0.25) is 0 Å². The summed E-state index contributed by atoms with van der Waals surface area (Å²) in [7, 11) is 0. The minimum absolute atomic E-state index is 0.315. The summed E-state index contributed by atoms with van der Waals surface area (Å²) in [4.78, 5) is 0. The molecule has 6 unspecified atom stereocenters. The van der Waals surface area contributed by atoms with E-state index < -0.39 is 0 Å². The zero-order valence-electron chi connectivity index (χ0n) is 13.8. The Morgan fingerprint density at radius 2 is 1.75 bits per heavy atom. The van der Waals surface area contributed by atoms with E-state index in [9.17, 15) is 0 Å². The number of hydrogen-bond acceptors (Lipinski definition) is 2. The lowest BCUT2D eigenvalue weighted by atomic mass is 9.56. The molecule has 3 aliphatic carbocycles. The number of fused-ring (bicyclic) bond motifs is 3. The quantitative estimate of drug-likeness (QED) is 0.832. The topological polar surface area (TPSA) is 21.3 Å². The van der Waals surface area contributed by atoms with Crippen molar-refractivity contribution in [1.82, 2.24) is 5.32 Å². The van der Waals surface area contributed by atoms with Crippen molar-refractivity contribution in [1.29, 1.82) is 0 Å². The Hall–Kier alpha value is -0.0800. The molecule has 2 nitrogen and oxygen atoms in total. The summed E-state index contributed by atoms with van der Waals surface area (Å²) >= 11 is 0. The molecular weight excluding hydrogens is 246 g/mol. The van der Waals surface area contributed by atoms with Crippen LogP contribution in [-0.2, 0) is 4.74 Å². The van der Waals surface area contributed by atoms with E-state index in [4.69, 9.17) is 4.74 Å². The van der Waals surface area contributed by atoms with E-state index in [2.05, 4.69) is 39.9 Å². The van der Waals surface area contributed by atoms with Gasteiger partial charge in [0.25, 0.3) is 0 Å². The van der Waals surface area contributed by atoms with Crippen molar-refractivity contribution in [3.63, 3.8) is 0 Å². The summed E-state index contributed by atoms with van der Waals surface area (Å²) < 4.78 is 5.96. The fourth-order valence-corrected chi connectivity index (χ4v) is 6.56. The van der Waals surface area contributed by atoms with Gasteiger partial charge in [0.15, 0.2) is 0 Å². The van der Waals surface area contributed by atoms with Crippen LogP contribution in [0.2, 0.25) is 0 Å². The Bertz CT molecular complexity index is 424. The van der Waals surface area contributed by atoms with E-state index in [1.54, 1.807) is 0 Å². The maximum Gasteiger partial charge on any atom is 0.0685 e. The minimum atomic E-state index is 0.315. The molecular formula is C18H31NO. The molecule has 6 atom stereocenters. The van der Waals surface area contributed by atoms with Crippen LogP contribution in [0, 0.1) is 28.1 Å². The Kier molecular flexibility index (Phi) is 2.59. The molecule has 0 amide bonds. The van der Waals surface area contributed by atoms with Crippen molar-refractivity contribution in [2.75, 3.05) is 6.61 Å². The monoisotopic (exact) mass is 277 g/mol. The molecule has 0 radical (unpaired) electrons. The van der Waals surface area contributed by atoms with E-state index in [0.717, 1.165) is 18.4 Å². The highest BCUT2D eigenvalue weighted by Crippen LogP contribution is 2.63. The third-order valence-corrected chi connectivity index (χ3v) is 7.72. The largest absolute Gasteiger partial charge is 0.377 e. The smallest absolute Gasteiger partial charge is 0.0685 e. The van der Waals surface area contributed by atoms with Gasteiger partial charge in [0, 0.05) is 30.0 Å². The van der Waals surface area contributed by atoms with Crippen molar-refractivity contribution >= 4 is 0 Å². The van der Waals surface area contributed by atoms with E-state index in [0.29, 0.717) is 34.4 Å². The summed E-state index contributed by atoms with van der Waals surface area (Å²) in [5, 5.41) is 4.16. The number of rotatable bonds is 2. The molecule has 2 bridgehead atoms. The Labute approximate surface area is 124 Å². The molecule has 1 N–H and O–H groups in total. The first-order chi connectivity index (χ1) is 9.27. The van der Waals surface area contributed by atoms with Crippen LogP contribution in [0.25, 0.3) is 0 Å². The lowest BCUT2D eigenvalue weighted by molar-refractivity contribution is -0.123. The predicted octanol–water partition coefficient (Wildman–Crippen LogP) is 3.60. The van der Waals surface area contributed by atoms with Gasteiger partial charge in [-0.25, -0.2) is 0 Å². The molecule has 4 rings (SSSR count). The first-order valence-electron chi connectivity index (χ1n) is 8.64. The van der Waals surface area contributed by atoms with Gasteiger partial charge in [-0.05, 0) is 42.4 Å². The zero-order chi connectivity index (χ0) is 14.3. The molecule has 4 aliphatic rings. The highest BCUT2D eigenvalue weighted by molar-refractivity contribution is 5.17. The average molecular weight is 277 g/mol. The van der Waals surface area contributed by atoms with Crippen molar-refractivity contribution < 1.29 is 4.74 Å². The van der Waals surface area contributed by atoms with E-state index in [1.165, 1.54) is 25.7 Å². The molecule has 3 saturated carbocycles. The molecule has 1 heterocycles. The van der Waals surface area contributed by atoms with Gasteiger partial charge in [-0.2, -0.15) is 0 Å². The highest BCUT2D eigenvalue weighted by Gasteiger charge is 2.64. The van der Waals surface area contributed by atoms with Crippen LogP contribution in [-0.4, -0.2) is 24.8 Å². The van der Waals surface area contributed by atoms with Gasteiger partial charge in [0.05, 0.1) is 6.10 Å². The van der Waals surface area contributed by atoms with Gasteiger partial charge in [-0.3, -0.25) is 0 Å². The lowest BCUT2D eigenvalue weighted by Crippen LogP contribution is -2.70. The van der Waals surface area contributed by atoms with Gasteiger partial charge in [-0.15, -0.1) is 0 Å². The van der Waals surface area contributed by atoms with E-state index in [1.807, 2.05) is 0 Å². The van der Waals surface area contributed by atoms with E-state index in [-0.39, 0.29) is 0 Å². The van der Waals surface area contributed by atoms with Crippen LogP contribution < -0.4 is 5.32 Å². The Balaban J connectivity index is 1.57. The van der Waals surface area contributed by atoms with Gasteiger partial charge in [-0.1, -0.05) is 34.6 Å². The molecule has 0 aromatic heterocycles. The second-order valence-electron chi connectivity index (χ2n) is 9.56. The van der Waals surface area contributed by atoms with Crippen molar-refractivity contribution in [3.05, 3.63) is 0 Å². The molecule has 4 fully saturated rings. The van der Waals surface area contributed by atoms with E-state index >= 15 is 0 Å². The summed E-state index contributed by atoms with van der Waals surface area (Å²) in [6.45, 7) is 13.3. The van der Waals surface area contributed by atoms with Crippen molar-refractivity contribution in [3.8, 4) is 0 Å². The standard InChI is InChI=1S/C18H31NO/c1-16(2)11-6-8-18(5,10-11)15(16)19-13-12-7-9-20-14(12)17(13,3)4/h11-15,19H,6-10H2,1-5H3. The maximum atomic E-state index is 5.96. The Morgan fingerprint density at radius 1 is 1.00 bits per heavy atom. The number of nitrogens with one attached hydrogen (secondary N) is 1. The third kappa shape index (κ3) is 1.48. The molecule has 0 spiro atoms. The van der Waals surface area contributed by atoms with Gasteiger partial charge >= 0.3 is 0 Å². The fraction of sp³-hybridized carbons (Fsp3) is 1.00. The molecule has 2 heteroatoms. The second kappa shape index (κ2) is 3.81. The van der Waals surface area contributed by atoms with Crippen LogP contribution in [0.3, 0.4) is 0 Å². The molecule has 114 valence electrons. The van der Waals surface area contributed by atoms with Crippen LogP contribution in [0.1, 0.15) is 60.3 Å². The third-order valence-electron chi connectivity index (χ3n) is 7.72. The first-order valence-corrected chi connectivity index (χ1v) is 8.64. The number of ether oxygens (including phenoxy) is 1. The molecule has 0 aromatic carbocycles. The van der Waals surface area contributed by atoms with Crippen molar-refractivity contribution in [2.24, 2.45) is 28.1 Å². The Morgan fingerprint density at radius 3 is 2.40 bits per heavy atom. The average Bonchev–Trinajstić information content (AvgIpc) is 2.98. The van der Waals surface area contributed by atoms with Crippen molar-refractivity contribution in [2.45, 2.75) is 78.5 Å². The zero-order valence-corrected chi connectivity index (χ0v) is 13.8. The number of hydrogen-bond donors (Lipinski definition) is 1. The molecule has 0 aromatic rings. The summed E-state index contributed by atoms with van der Waals surface area (Å²) in [6, 6.07) is 1.36. The normalized spacial score (nSPS) is 54.8. The summed E-state index contributed by atoms with van der Waals surface area (Å²) in [5.41, 5.74) is 1.32. The first kappa shape index (κ1) is 13.6. The molecule has 20 heavy (non-hydrogen) atoms. The lowest BCUT2D eigenvalue weighted by Gasteiger charge is -2.58. The van der Waals surface area contributed by atoms with Crippen LogP contribution in [0.5, 0.6) is 0 Å². The predicted molar refractivity (Wildman–Crippen MR) is 81.6 cm³/mol. The van der Waals surface area contributed by atoms with Gasteiger partial charge < -0.3 is 10.1 Å². The van der Waals surface area contributed by atoms with Gasteiger partial charge in [0.1, 0.15) is 0 Å². The fourth-order valence-electron chi connectivity index (χ4n) is 6.56. The molecule has 1 saturated heterocycles. The second-order valence-corrected chi connectivity index (χ2v) is 9.56. The summed E-state index contributed by atoms with van der Waals surface area (Å²) in [6.07, 6.45) is 6.09.